The second-order valence-corrected chi connectivity index (χ2v) is 11.0. The van der Waals surface area contributed by atoms with Gasteiger partial charge in [-0.3, -0.25) is 9.32 Å². The number of thioether (sulfide) groups is 1. The Morgan fingerprint density at radius 1 is 1.03 bits per heavy atom. The van der Waals surface area contributed by atoms with E-state index in [9.17, 15) is 14.2 Å². The molecule has 16 heteroatoms. The van der Waals surface area contributed by atoms with Gasteiger partial charge in [0.1, 0.15) is 0 Å². The Morgan fingerprint density at radius 2 is 1.70 bits per heavy atom. The summed E-state index contributed by atoms with van der Waals surface area (Å²) < 4.78 is 35.9. The van der Waals surface area contributed by atoms with Crippen LogP contribution in [0.15, 0.2) is 0 Å². The molecule has 4 atom stereocenters. The van der Waals surface area contributed by atoms with Crippen LogP contribution in [-0.4, -0.2) is 116 Å². The Hall–Kier alpha value is -1.00. The highest BCUT2D eigenvalue weighted by Gasteiger charge is 2.42. The maximum Gasteiger partial charge on any atom is 0.472 e. The van der Waals surface area contributed by atoms with Crippen molar-refractivity contribution in [3.63, 3.8) is 0 Å². The first-order valence-electron chi connectivity index (χ1n) is 12.4. The van der Waals surface area contributed by atoms with Crippen molar-refractivity contribution >= 4 is 31.5 Å². The molecule has 0 aromatic rings. The van der Waals surface area contributed by atoms with E-state index in [1.54, 1.807) is 0 Å². The third-order valence-electron chi connectivity index (χ3n) is 5.55. The Balaban J connectivity index is 1.29. The maximum atomic E-state index is 12.0. The number of hydrogen-bond donors (Lipinski definition) is 6. The number of phosphoric ester groups is 1. The number of unbranched alkanes of at least 4 members (excludes halogenated alkanes) is 1. The van der Waals surface area contributed by atoms with Crippen LogP contribution in [0.3, 0.4) is 0 Å². The summed E-state index contributed by atoms with van der Waals surface area (Å²) in [6.07, 6.45) is 2.60. The average molecular weight is 574 g/mol. The quantitative estimate of drug-likeness (QED) is 0.0430. The number of rotatable bonds is 22. The summed E-state index contributed by atoms with van der Waals surface area (Å²) in [4.78, 5) is 40.7. The minimum atomic E-state index is -4.73. The number of aliphatic hydroxyl groups excluding tert-OH is 1. The van der Waals surface area contributed by atoms with Crippen molar-refractivity contribution < 1.29 is 52.5 Å². The van der Waals surface area contributed by atoms with Crippen molar-refractivity contribution in [2.24, 2.45) is 0 Å². The van der Waals surface area contributed by atoms with Gasteiger partial charge in [0.05, 0.1) is 58.3 Å². The summed E-state index contributed by atoms with van der Waals surface area (Å²) in [5, 5.41) is 18.2. The third kappa shape index (κ3) is 14.7. The van der Waals surface area contributed by atoms with E-state index in [2.05, 4.69) is 20.5 Å². The van der Waals surface area contributed by atoms with E-state index in [0.29, 0.717) is 57.7 Å². The molecule has 6 N–H and O–H groups in total. The predicted molar refractivity (Wildman–Crippen MR) is 134 cm³/mol. The van der Waals surface area contributed by atoms with E-state index in [1.165, 1.54) is 0 Å². The first-order valence-corrected chi connectivity index (χ1v) is 15.0. The van der Waals surface area contributed by atoms with Gasteiger partial charge in [0.2, 0.25) is 5.91 Å². The van der Waals surface area contributed by atoms with Crippen molar-refractivity contribution in [1.82, 2.24) is 16.0 Å². The molecular weight excluding hydrogens is 533 g/mol. The Kier molecular flexibility index (Phi) is 15.9. The van der Waals surface area contributed by atoms with Crippen molar-refractivity contribution in [1.29, 1.82) is 0 Å². The highest BCUT2D eigenvalue weighted by Crippen LogP contribution is 2.37. The fraction of sp³-hybridized carbons (Fsp3) is 0.905. The number of amides is 3. The lowest BCUT2D eigenvalue weighted by Crippen LogP contribution is -2.36. The summed E-state index contributed by atoms with van der Waals surface area (Å²) in [6.45, 7) is 1.98. The molecule has 0 radical (unpaired) electrons. The van der Waals surface area contributed by atoms with Gasteiger partial charge in [-0.25, -0.2) is 9.36 Å². The summed E-state index contributed by atoms with van der Waals surface area (Å²) >= 11 is 1.89. The van der Waals surface area contributed by atoms with E-state index in [4.69, 9.17) is 33.8 Å². The predicted octanol–water partition coefficient (Wildman–Crippen LogP) is -0.287. The first-order chi connectivity index (χ1) is 17.8. The maximum absolute atomic E-state index is 12.0. The van der Waals surface area contributed by atoms with Crippen molar-refractivity contribution in [3.05, 3.63) is 0 Å². The lowest BCUT2D eigenvalue weighted by molar-refractivity contribution is -0.128. The molecular formula is C21H40N3O11PS. The monoisotopic (exact) mass is 573 g/mol. The molecule has 0 aliphatic carbocycles. The fourth-order valence-electron chi connectivity index (χ4n) is 3.81. The molecule has 2 fully saturated rings. The van der Waals surface area contributed by atoms with Crippen molar-refractivity contribution in [3.8, 4) is 0 Å². The molecule has 2 aliphatic rings. The number of phosphoric acid groups is 1. The lowest BCUT2D eigenvalue weighted by Gasteiger charge is -2.16. The van der Waals surface area contributed by atoms with Gasteiger partial charge in [-0.2, -0.15) is 11.8 Å². The molecule has 2 aliphatic heterocycles. The van der Waals surface area contributed by atoms with Gasteiger partial charge in [0, 0.05) is 30.6 Å². The zero-order chi connectivity index (χ0) is 26.9. The van der Waals surface area contributed by atoms with Crippen LogP contribution in [0.2, 0.25) is 0 Å². The minimum absolute atomic E-state index is 0.00981. The number of carbonyl (C=O) groups excluding carboxylic acids is 2. The smallest absolute Gasteiger partial charge is 0.391 e. The standard InChI is InChI=1S/C21H40N3O11PS/c25-14-19(35-36(28,29)30)34-13-12-33-11-10-32-9-8-31-7-3-6-22-18(26)5-2-1-4-17-20-16(15-37-17)23-21(27)24-20/h16-17,19-20,25H,1-15H2,(H,22,26)(H2,23,24,27)(H2,28,29,30). The SMILES string of the molecule is O=C(CCCCC1SCC2NC(=O)NC21)NCCCOCCOCCOCCOC(CO)OP(=O)(O)O. The molecule has 37 heavy (non-hydrogen) atoms. The van der Waals surface area contributed by atoms with Gasteiger partial charge < -0.3 is 49.8 Å². The van der Waals surface area contributed by atoms with Crippen LogP contribution >= 0.6 is 19.6 Å². The summed E-state index contributed by atoms with van der Waals surface area (Å²) in [6, 6.07) is 0.376. The van der Waals surface area contributed by atoms with Gasteiger partial charge >= 0.3 is 13.9 Å². The lowest BCUT2D eigenvalue weighted by atomic mass is 10.0. The zero-order valence-corrected chi connectivity index (χ0v) is 22.6. The number of nitrogens with one attached hydrogen (secondary N) is 3. The molecule has 0 aromatic carbocycles. The number of carbonyl (C=O) groups is 2. The largest absolute Gasteiger partial charge is 0.472 e. The normalized spacial score (nSPS) is 21.9. The number of fused-ring (bicyclic) bond motifs is 1. The number of ether oxygens (including phenoxy) is 4. The molecule has 216 valence electrons. The van der Waals surface area contributed by atoms with Crippen LogP contribution in [0.4, 0.5) is 4.79 Å². The first kappa shape index (κ1) is 32.2. The second kappa shape index (κ2) is 18.3. The molecule has 14 nitrogen and oxygen atoms in total. The molecule has 2 rings (SSSR count). The number of hydrogen-bond acceptors (Lipinski definition) is 10. The molecule has 2 saturated heterocycles. The van der Waals surface area contributed by atoms with Gasteiger partial charge in [-0.1, -0.05) is 6.42 Å². The Bertz CT molecular complexity index is 717. The van der Waals surface area contributed by atoms with E-state index >= 15 is 0 Å². The van der Waals surface area contributed by atoms with E-state index in [0.717, 1.165) is 25.0 Å². The summed E-state index contributed by atoms with van der Waals surface area (Å²) in [5.74, 6) is 0.993. The number of aliphatic hydroxyl groups is 1. The Labute approximate surface area is 221 Å². The zero-order valence-electron chi connectivity index (χ0n) is 20.9. The minimum Gasteiger partial charge on any atom is -0.391 e. The summed E-state index contributed by atoms with van der Waals surface area (Å²) in [5.41, 5.74) is 0. The topological polar surface area (TPSA) is 194 Å². The molecule has 0 bridgehead atoms. The molecule has 0 saturated carbocycles. The molecule has 3 amide bonds. The van der Waals surface area contributed by atoms with Gasteiger partial charge in [0.15, 0.2) is 6.29 Å². The van der Waals surface area contributed by atoms with Gasteiger partial charge in [-0.05, 0) is 19.3 Å². The Morgan fingerprint density at radius 3 is 2.38 bits per heavy atom. The van der Waals surface area contributed by atoms with Crippen LogP contribution in [0.5, 0.6) is 0 Å². The van der Waals surface area contributed by atoms with Crippen LogP contribution < -0.4 is 16.0 Å². The highest BCUT2D eigenvalue weighted by atomic mass is 32.2. The molecule has 0 aromatic heterocycles. The van der Waals surface area contributed by atoms with Gasteiger partial charge in [-0.15, -0.1) is 0 Å². The van der Waals surface area contributed by atoms with Crippen LogP contribution in [0.25, 0.3) is 0 Å². The molecule has 4 unspecified atom stereocenters. The van der Waals surface area contributed by atoms with Crippen molar-refractivity contribution in [2.75, 3.05) is 65.2 Å². The second-order valence-electron chi connectivity index (χ2n) is 8.49. The van der Waals surface area contributed by atoms with E-state index in [-0.39, 0.29) is 37.2 Å². The summed E-state index contributed by atoms with van der Waals surface area (Å²) in [7, 11) is -4.73. The van der Waals surface area contributed by atoms with E-state index < -0.39 is 20.7 Å². The van der Waals surface area contributed by atoms with Gasteiger partial charge in [0.25, 0.3) is 0 Å². The van der Waals surface area contributed by atoms with Crippen LogP contribution in [0.1, 0.15) is 32.1 Å². The fourth-order valence-corrected chi connectivity index (χ4v) is 5.79. The average Bonchev–Trinajstić information content (AvgIpc) is 3.39. The third-order valence-corrected chi connectivity index (χ3v) is 7.57. The van der Waals surface area contributed by atoms with Crippen molar-refractivity contribution in [2.45, 2.75) is 55.7 Å². The molecule has 0 spiro atoms. The molecule has 2 heterocycles. The van der Waals surface area contributed by atoms with Crippen LogP contribution in [0, 0.1) is 0 Å². The highest BCUT2D eigenvalue weighted by molar-refractivity contribution is 8.00. The van der Waals surface area contributed by atoms with E-state index in [1.807, 2.05) is 11.8 Å². The number of urea groups is 1. The van der Waals surface area contributed by atoms with Crippen LogP contribution in [-0.2, 0) is 32.8 Å².